The van der Waals surface area contributed by atoms with Crippen molar-refractivity contribution in [2.24, 2.45) is 5.73 Å². The molecule has 11 heteroatoms. The number of nitrogens with zero attached hydrogens (tertiary/aromatic N) is 2. The van der Waals surface area contributed by atoms with Gasteiger partial charge in [0.05, 0.1) is 11.8 Å². The van der Waals surface area contributed by atoms with Crippen molar-refractivity contribution in [2.75, 3.05) is 23.8 Å². The summed E-state index contributed by atoms with van der Waals surface area (Å²) >= 11 is 0.725. The van der Waals surface area contributed by atoms with Crippen LogP contribution in [0.1, 0.15) is 69.9 Å². The number of aromatic nitrogens is 1. The van der Waals surface area contributed by atoms with E-state index in [2.05, 4.69) is 9.69 Å². The van der Waals surface area contributed by atoms with Gasteiger partial charge in [0.1, 0.15) is 16.7 Å². The van der Waals surface area contributed by atoms with Gasteiger partial charge in [-0.25, -0.2) is 4.39 Å². The fourth-order valence-corrected chi connectivity index (χ4v) is 5.06. The molecular formula is C27H30FN5O4S. The predicted octanol–water partition coefficient (Wildman–Crippen LogP) is 3.77. The molecule has 3 amide bonds. The molecule has 2 atom stereocenters. The van der Waals surface area contributed by atoms with E-state index in [9.17, 15) is 18.8 Å². The molecule has 5 N–H and O–H groups in total. The van der Waals surface area contributed by atoms with Crippen molar-refractivity contribution in [3.8, 4) is 0 Å². The van der Waals surface area contributed by atoms with Gasteiger partial charge in [-0.05, 0) is 65.7 Å². The molecule has 200 valence electrons. The summed E-state index contributed by atoms with van der Waals surface area (Å²) in [4.78, 5) is 40.8. The molecule has 1 fully saturated rings. The fraction of sp³-hybridized carbons (Fsp3) is 0.333. The summed E-state index contributed by atoms with van der Waals surface area (Å²) in [5, 5.41) is 2.89. The van der Waals surface area contributed by atoms with E-state index in [1.807, 2.05) is 26.0 Å². The molecule has 38 heavy (non-hydrogen) atoms. The summed E-state index contributed by atoms with van der Waals surface area (Å²) in [5.74, 6) is -2.23. The summed E-state index contributed by atoms with van der Waals surface area (Å²) in [6.45, 7) is 4.98. The lowest BCUT2D eigenvalue weighted by Gasteiger charge is -2.32. The zero-order valence-electron chi connectivity index (χ0n) is 21.1. The predicted molar refractivity (Wildman–Crippen MR) is 144 cm³/mol. The number of nitrogens with two attached hydrogens (primary N) is 2. The molecule has 1 saturated heterocycles. The fourth-order valence-electron chi connectivity index (χ4n) is 4.32. The van der Waals surface area contributed by atoms with Crippen LogP contribution in [0.4, 0.5) is 15.8 Å². The lowest BCUT2D eigenvalue weighted by atomic mass is 10.00. The molecule has 1 aliphatic heterocycles. The van der Waals surface area contributed by atoms with Crippen LogP contribution >= 0.6 is 11.5 Å². The molecule has 0 saturated carbocycles. The number of nitrogen functional groups attached to an aromatic ring is 1. The van der Waals surface area contributed by atoms with Crippen molar-refractivity contribution in [1.82, 2.24) is 9.69 Å². The minimum Gasteiger partial charge on any atom is -0.395 e. The topological polar surface area (TPSA) is 141 Å². The van der Waals surface area contributed by atoms with Gasteiger partial charge in [-0.3, -0.25) is 19.3 Å². The van der Waals surface area contributed by atoms with E-state index in [-0.39, 0.29) is 34.8 Å². The first-order valence-corrected chi connectivity index (χ1v) is 13.1. The molecule has 9 nitrogen and oxygen atoms in total. The number of carbonyl (C=O) groups excluding carboxylic acids is 3. The number of amides is 3. The number of halogens is 1. The Morgan fingerprint density at radius 3 is 2.34 bits per heavy atom. The van der Waals surface area contributed by atoms with Gasteiger partial charge in [0.2, 0.25) is 5.91 Å². The third-order valence-electron chi connectivity index (χ3n) is 6.43. The third kappa shape index (κ3) is 5.84. The second-order valence-electron chi connectivity index (χ2n) is 9.39. The van der Waals surface area contributed by atoms with Gasteiger partial charge in [-0.2, -0.15) is 4.37 Å². The molecule has 0 aliphatic carbocycles. The van der Waals surface area contributed by atoms with Crippen LogP contribution in [0.2, 0.25) is 0 Å². The quantitative estimate of drug-likeness (QED) is 0.378. The average molecular weight is 540 g/mol. The van der Waals surface area contributed by atoms with Gasteiger partial charge in [0, 0.05) is 18.8 Å². The second-order valence-corrected chi connectivity index (χ2v) is 10.2. The zero-order valence-corrected chi connectivity index (χ0v) is 22.0. The van der Waals surface area contributed by atoms with E-state index in [4.69, 9.17) is 16.2 Å². The van der Waals surface area contributed by atoms with E-state index < -0.39 is 29.6 Å². The molecule has 1 aliphatic rings. The van der Waals surface area contributed by atoms with Gasteiger partial charge in [-0.1, -0.05) is 38.1 Å². The molecule has 0 radical (unpaired) electrons. The first-order chi connectivity index (χ1) is 18.2. The standard InChI is InChI=1S/C27H30FN5O4S/c1-15(2)16-7-11-19(12-8-16)33(27(36)24-21(29)22(25(30)34)32-38-24)23(17-5-9-18(28)10-6-17)26(35)31-14-20-4-3-13-37-20/h5-12,15,20,23H,3-4,13-14,29H2,1-2H3,(H2,30,34)(H,31,35)/t20-,23-/m0/s1. The maximum atomic E-state index is 14.1. The minimum absolute atomic E-state index is 0.0363. The number of ether oxygens (including phenoxy) is 1. The van der Waals surface area contributed by atoms with Gasteiger partial charge in [0.25, 0.3) is 11.8 Å². The maximum absolute atomic E-state index is 14.1. The maximum Gasteiger partial charge on any atom is 0.273 e. The average Bonchev–Trinajstić information content (AvgIpc) is 3.56. The molecule has 2 aromatic carbocycles. The Labute approximate surface area is 224 Å². The number of anilines is 2. The van der Waals surface area contributed by atoms with Crippen LogP contribution in [0.3, 0.4) is 0 Å². The molecule has 0 spiro atoms. The lowest BCUT2D eigenvalue weighted by Crippen LogP contribution is -2.45. The second kappa shape index (κ2) is 11.7. The number of hydrogen-bond acceptors (Lipinski definition) is 7. The number of nitrogens with one attached hydrogen (secondary N) is 1. The number of primary amides is 1. The van der Waals surface area contributed by atoms with Crippen molar-refractivity contribution >= 4 is 40.6 Å². The van der Waals surface area contributed by atoms with E-state index in [1.54, 1.807) is 12.1 Å². The Kier molecular flexibility index (Phi) is 8.38. The van der Waals surface area contributed by atoms with Gasteiger partial charge in [-0.15, -0.1) is 0 Å². The molecular weight excluding hydrogens is 509 g/mol. The van der Waals surface area contributed by atoms with Crippen molar-refractivity contribution < 1.29 is 23.5 Å². The van der Waals surface area contributed by atoms with Crippen molar-refractivity contribution in [2.45, 2.75) is 44.8 Å². The summed E-state index contributed by atoms with van der Waals surface area (Å²) < 4.78 is 23.4. The summed E-state index contributed by atoms with van der Waals surface area (Å²) in [7, 11) is 0. The molecule has 0 unspecified atom stereocenters. The highest BCUT2D eigenvalue weighted by Gasteiger charge is 2.36. The number of hydrogen-bond donors (Lipinski definition) is 3. The molecule has 0 bridgehead atoms. The highest BCUT2D eigenvalue weighted by molar-refractivity contribution is 7.09. The van der Waals surface area contributed by atoms with Crippen molar-refractivity contribution in [1.29, 1.82) is 0 Å². The van der Waals surface area contributed by atoms with E-state index in [1.165, 1.54) is 29.2 Å². The van der Waals surface area contributed by atoms with Gasteiger partial charge < -0.3 is 21.5 Å². The van der Waals surface area contributed by atoms with Crippen LogP contribution in [0.25, 0.3) is 0 Å². The van der Waals surface area contributed by atoms with Crippen LogP contribution in [0.5, 0.6) is 0 Å². The van der Waals surface area contributed by atoms with Gasteiger partial charge >= 0.3 is 0 Å². The molecule has 4 rings (SSSR count). The van der Waals surface area contributed by atoms with E-state index in [0.717, 1.165) is 29.9 Å². The first-order valence-electron chi connectivity index (χ1n) is 12.3. The largest absolute Gasteiger partial charge is 0.395 e. The first kappa shape index (κ1) is 27.2. The van der Waals surface area contributed by atoms with Crippen molar-refractivity contribution in [3.05, 3.63) is 76.0 Å². The molecule has 3 aromatic rings. The Morgan fingerprint density at radius 1 is 1.13 bits per heavy atom. The Hall–Kier alpha value is -3.83. The van der Waals surface area contributed by atoms with E-state index >= 15 is 0 Å². The SMILES string of the molecule is CC(C)c1ccc(N(C(=O)c2snc(C(N)=O)c2N)[C@H](C(=O)NC[C@@H]2CCCO2)c2ccc(F)cc2)cc1. The lowest BCUT2D eigenvalue weighted by molar-refractivity contribution is -0.123. The Balaban J connectivity index is 1.81. The van der Waals surface area contributed by atoms with Crippen LogP contribution in [-0.4, -0.2) is 41.4 Å². The summed E-state index contributed by atoms with van der Waals surface area (Å²) in [5.41, 5.74) is 12.9. The van der Waals surface area contributed by atoms with Crippen molar-refractivity contribution in [3.63, 3.8) is 0 Å². The Morgan fingerprint density at radius 2 is 1.79 bits per heavy atom. The van der Waals surface area contributed by atoms with Crippen LogP contribution in [-0.2, 0) is 9.53 Å². The smallest absolute Gasteiger partial charge is 0.273 e. The number of rotatable bonds is 9. The summed E-state index contributed by atoms with van der Waals surface area (Å²) in [6.07, 6.45) is 1.59. The zero-order chi connectivity index (χ0) is 27.4. The van der Waals surface area contributed by atoms with E-state index in [0.29, 0.717) is 17.9 Å². The van der Waals surface area contributed by atoms with Crippen LogP contribution < -0.4 is 21.7 Å². The summed E-state index contributed by atoms with van der Waals surface area (Å²) in [6, 6.07) is 11.4. The normalized spacial score (nSPS) is 15.8. The third-order valence-corrected chi connectivity index (χ3v) is 7.28. The molecule has 2 heterocycles. The van der Waals surface area contributed by atoms with Crippen LogP contribution in [0, 0.1) is 5.82 Å². The highest BCUT2D eigenvalue weighted by Crippen LogP contribution is 2.34. The number of benzene rings is 2. The minimum atomic E-state index is -1.19. The highest BCUT2D eigenvalue weighted by atomic mass is 32.1. The Bertz CT molecular complexity index is 1300. The number of carbonyl (C=O) groups is 3. The van der Waals surface area contributed by atoms with Crippen LogP contribution in [0.15, 0.2) is 48.5 Å². The molecule has 1 aromatic heterocycles. The van der Waals surface area contributed by atoms with Gasteiger partial charge in [0.15, 0.2) is 5.69 Å². The monoisotopic (exact) mass is 539 g/mol.